The van der Waals surface area contributed by atoms with Crippen molar-refractivity contribution in [1.82, 2.24) is 10.1 Å². The summed E-state index contributed by atoms with van der Waals surface area (Å²) in [6.45, 7) is 1.03. The first-order valence-electron chi connectivity index (χ1n) is 12.8. The lowest BCUT2D eigenvalue weighted by Gasteiger charge is -2.53. The molecule has 4 fully saturated rings. The van der Waals surface area contributed by atoms with E-state index in [1.165, 1.54) is 18.5 Å². The first-order valence-corrected chi connectivity index (χ1v) is 13.5. The fraction of sp³-hybridized carbons (Fsp3) is 0.464. The van der Waals surface area contributed by atoms with Crippen molar-refractivity contribution in [2.75, 3.05) is 13.2 Å². The average molecular weight is 578 g/mol. The van der Waals surface area contributed by atoms with Crippen molar-refractivity contribution in [3.8, 4) is 17.3 Å². The standard InChI is InChI=1S/C28H24Cl2F3N3O3/c29-21-11-35-12-22(30)23(21)24-20(25(39-36-24)17-1-2-17)13-37-14-26-3-5-27(6-4-26,38-15-26)18-7-16(10-34)8-19(9-18)28(31,32)33/h7-9,11-12,17H,1-6,13-15H2. The normalized spacial score (nSPS) is 24.6. The van der Waals surface area contributed by atoms with Gasteiger partial charge < -0.3 is 14.0 Å². The molecule has 1 aromatic carbocycles. The predicted molar refractivity (Wildman–Crippen MR) is 136 cm³/mol. The maximum Gasteiger partial charge on any atom is 0.416 e. The molecular formula is C28H24Cl2F3N3O3. The van der Waals surface area contributed by atoms with Gasteiger partial charge in [0.05, 0.1) is 52.7 Å². The molecule has 0 radical (unpaired) electrons. The van der Waals surface area contributed by atoms with Crippen molar-refractivity contribution < 1.29 is 27.2 Å². The van der Waals surface area contributed by atoms with Gasteiger partial charge in [0, 0.05) is 34.9 Å². The molecule has 0 unspecified atom stereocenters. The third kappa shape index (κ3) is 4.93. The van der Waals surface area contributed by atoms with Gasteiger partial charge in [-0.3, -0.25) is 4.98 Å². The smallest absolute Gasteiger partial charge is 0.376 e. The van der Waals surface area contributed by atoms with Crippen molar-refractivity contribution >= 4 is 23.2 Å². The Morgan fingerprint density at radius 1 is 1.08 bits per heavy atom. The Kier molecular flexibility index (Phi) is 6.66. The van der Waals surface area contributed by atoms with Crippen molar-refractivity contribution in [3.05, 3.63) is 68.7 Å². The van der Waals surface area contributed by atoms with Crippen LogP contribution >= 0.6 is 23.2 Å². The molecule has 39 heavy (non-hydrogen) atoms. The molecule has 204 valence electrons. The van der Waals surface area contributed by atoms with E-state index < -0.39 is 17.3 Å². The average Bonchev–Trinajstić information content (AvgIpc) is 3.69. The minimum Gasteiger partial charge on any atom is -0.376 e. The lowest BCUT2D eigenvalue weighted by atomic mass is 9.64. The maximum absolute atomic E-state index is 13.5. The number of rotatable bonds is 7. The van der Waals surface area contributed by atoms with Crippen LogP contribution < -0.4 is 0 Å². The number of ether oxygens (including phenoxy) is 2. The van der Waals surface area contributed by atoms with E-state index in [0.29, 0.717) is 58.8 Å². The minimum absolute atomic E-state index is 0.0195. The van der Waals surface area contributed by atoms with Gasteiger partial charge in [0.2, 0.25) is 0 Å². The summed E-state index contributed by atoms with van der Waals surface area (Å²) in [5.41, 5.74) is 0.416. The van der Waals surface area contributed by atoms with Gasteiger partial charge in [-0.15, -0.1) is 0 Å². The van der Waals surface area contributed by atoms with E-state index in [1.807, 2.05) is 6.07 Å². The summed E-state index contributed by atoms with van der Waals surface area (Å²) >= 11 is 12.8. The topological polar surface area (TPSA) is 81.2 Å². The summed E-state index contributed by atoms with van der Waals surface area (Å²) in [6.07, 6.45) is 3.09. The Labute approximate surface area is 233 Å². The van der Waals surface area contributed by atoms with Crippen LogP contribution in [-0.4, -0.2) is 23.4 Å². The SMILES string of the molecule is N#Cc1cc(C(F)(F)F)cc(C23CCC(COCc4c(-c5c(Cl)cncc5Cl)noc4C4CC4)(CC2)CO3)c1. The van der Waals surface area contributed by atoms with Gasteiger partial charge in [0.15, 0.2) is 0 Å². The van der Waals surface area contributed by atoms with Crippen molar-refractivity contribution in [2.24, 2.45) is 5.41 Å². The summed E-state index contributed by atoms with van der Waals surface area (Å²) in [6, 6.07) is 5.38. The first-order chi connectivity index (χ1) is 18.6. The van der Waals surface area contributed by atoms with Gasteiger partial charge >= 0.3 is 6.18 Å². The van der Waals surface area contributed by atoms with E-state index in [9.17, 15) is 18.4 Å². The summed E-state index contributed by atoms with van der Waals surface area (Å²) < 4.78 is 58.7. The van der Waals surface area contributed by atoms with E-state index in [0.717, 1.165) is 49.1 Å². The molecule has 4 heterocycles. The van der Waals surface area contributed by atoms with Crippen LogP contribution in [0.3, 0.4) is 0 Å². The van der Waals surface area contributed by atoms with E-state index >= 15 is 0 Å². The summed E-state index contributed by atoms with van der Waals surface area (Å²) in [7, 11) is 0. The van der Waals surface area contributed by atoms with E-state index in [4.69, 9.17) is 37.2 Å². The Bertz CT molecular complexity index is 1420. The molecule has 2 bridgehead atoms. The summed E-state index contributed by atoms with van der Waals surface area (Å²) in [4.78, 5) is 4.02. The summed E-state index contributed by atoms with van der Waals surface area (Å²) in [5.74, 6) is 1.08. The molecule has 11 heteroatoms. The van der Waals surface area contributed by atoms with Gasteiger partial charge in [0.25, 0.3) is 0 Å². The fourth-order valence-electron chi connectivity index (χ4n) is 5.77. The Morgan fingerprint density at radius 2 is 1.79 bits per heavy atom. The van der Waals surface area contributed by atoms with Crippen LogP contribution in [-0.2, 0) is 27.9 Å². The lowest BCUT2D eigenvalue weighted by molar-refractivity contribution is -0.205. The maximum atomic E-state index is 13.5. The zero-order valence-electron chi connectivity index (χ0n) is 20.8. The number of halogens is 5. The number of nitrogens with zero attached hydrogens (tertiary/aromatic N) is 3. The number of pyridine rings is 1. The number of alkyl halides is 3. The molecule has 4 aliphatic rings. The van der Waals surface area contributed by atoms with E-state index in [1.54, 1.807) is 0 Å². The van der Waals surface area contributed by atoms with E-state index in [-0.39, 0.29) is 17.6 Å². The molecule has 2 saturated heterocycles. The largest absolute Gasteiger partial charge is 0.416 e. The molecular weight excluding hydrogens is 554 g/mol. The molecule has 6 nitrogen and oxygen atoms in total. The second-order valence-corrected chi connectivity index (χ2v) is 11.6. The molecule has 0 spiro atoms. The van der Waals surface area contributed by atoms with Crippen molar-refractivity contribution in [2.45, 2.75) is 62.8 Å². The van der Waals surface area contributed by atoms with Gasteiger partial charge in [-0.2, -0.15) is 18.4 Å². The quantitative estimate of drug-likeness (QED) is 0.285. The Balaban J connectivity index is 1.18. The molecule has 3 aromatic rings. The van der Waals surface area contributed by atoms with Crippen LogP contribution in [0.1, 0.15) is 72.5 Å². The van der Waals surface area contributed by atoms with Crippen molar-refractivity contribution in [1.29, 1.82) is 5.26 Å². The molecule has 0 atom stereocenters. The second kappa shape index (κ2) is 9.77. The molecule has 2 aliphatic heterocycles. The number of hydrogen-bond acceptors (Lipinski definition) is 6. The van der Waals surface area contributed by atoms with Crippen LogP contribution in [0.4, 0.5) is 13.2 Å². The molecule has 2 aromatic heterocycles. The van der Waals surface area contributed by atoms with Crippen LogP contribution in [0.15, 0.2) is 35.1 Å². The number of benzene rings is 1. The second-order valence-electron chi connectivity index (χ2n) is 10.8. The zero-order chi connectivity index (χ0) is 27.4. The number of aromatic nitrogens is 2. The third-order valence-corrected chi connectivity index (χ3v) is 8.77. The number of nitriles is 1. The highest BCUT2D eigenvalue weighted by Crippen LogP contribution is 2.54. The Hall–Kier alpha value is -2.64. The predicted octanol–water partition coefficient (Wildman–Crippen LogP) is 7.81. The van der Waals surface area contributed by atoms with Crippen LogP contribution in [0.2, 0.25) is 10.0 Å². The molecule has 0 N–H and O–H groups in total. The van der Waals surface area contributed by atoms with Gasteiger partial charge in [-0.1, -0.05) is 28.4 Å². The summed E-state index contributed by atoms with van der Waals surface area (Å²) in [5, 5.41) is 14.3. The van der Waals surface area contributed by atoms with Gasteiger partial charge in [0.1, 0.15) is 11.5 Å². The van der Waals surface area contributed by atoms with Gasteiger partial charge in [-0.05, 0) is 62.3 Å². The fourth-order valence-corrected chi connectivity index (χ4v) is 6.32. The van der Waals surface area contributed by atoms with Crippen LogP contribution in [0, 0.1) is 16.7 Å². The highest BCUT2D eigenvalue weighted by molar-refractivity contribution is 6.38. The molecule has 2 saturated carbocycles. The van der Waals surface area contributed by atoms with Crippen LogP contribution in [0.25, 0.3) is 11.3 Å². The van der Waals surface area contributed by atoms with E-state index in [2.05, 4.69) is 10.1 Å². The van der Waals surface area contributed by atoms with Crippen LogP contribution in [0.5, 0.6) is 0 Å². The number of fused-ring (bicyclic) bond motifs is 3. The zero-order valence-corrected chi connectivity index (χ0v) is 22.3. The third-order valence-electron chi connectivity index (χ3n) is 8.20. The van der Waals surface area contributed by atoms with Crippen molar-refractivity contribution in [3.63, 3.8) is 0 Å². The molecule has 2 aliphatic carbocycles. The minimum atomic E-state index is -4.54. The highest BCUT2D eigenvalue weighted by atomic mass is 35.5. The molecule has 0 amide bonds. The molecule has 7 rings (SSSR count). The lowest BCUT2D eigenvalue weighted by Crippen LogP contribution is -2.51. The Morgan fingerprint density at radius 3 is 2.38 bits per heavy atom. The monoisotopic (exact) mass is 577 g/mol. The van der Waals surface area contributed by atoms with Gasteiger partial charge in [-0.25, -0.2) is 0 Å². The highest BCUT2D eigenvalue weighted by Gasteiger charge is 2.51. The number of hydrogen-bond donors (Lipinski definition) is 0. The first kappa shape index (κ1) is 26.6.